The molecular formula is C14H13F3N2O2S. The van der Waals surface area contributed by atoms with E-state index < -0.39 is 24.4 Å². The molecule has 1 atom stereocenters. The van der Waals surface area contributed by atoms with Crippen LogP contribution >= 0.6 is 11.3 Å². The largest absolute Gasteiger partial charge is 0.423 e. The maximum absolute atomic E-state index is 13.2. The Hall–Kier alpha value is -2.06. The Morgan fingerprint density at radius 2 is 1.82 bits per heavy atom. The molecule has 0 unspecified atom stereocenters. The number of urea groups is 1. The summed E-state index contributed by atoms with van der Waals surface area (Å²) in [5.74, 6) is 0. The fourth-order valence-corrected chi connectivity index (χ4v) is 2.41. The first-order valence-corrected chi connectivity index (χ1v) is 7.14. The highest BCUT2D eigenvalue weighted by molar-refractivity contribution is 7.14. The van der Waals surface area contributed by atoms with Crippen LogP contribution in [-0.4, -0.2) is 23.9 Å². The highest BCUT2D eigenvalue weighted by Crippen LogP contribution is 2.38. The minimum atomic E-state index is -4.93. The molecule has 2 amide bonds. The van der Waals surface area contributed by atoms with Crippen molar-refractivity contribution >= 4 is 22.4 Å². The summed E-state index contributed by atoms with van der Waals surface area (Å²) < 4.78 is 39.6. The molecule has 0 aliphatic heterocycles. The number of hydrogen-bond donors (Lipinski definition) is 3. The van der Waals surface area contributed by atoms with Crippen molar-refractivity contribution in [3.63, 3.8) is 0 Å². The second-order valence-electron chi connectivity index (χ2n) is 4.51. The minimum absolute atomic E-state index is 0.334. The molecule has 1 heterocycles. The monoisotopic (exact) mass is 330 g/mol. The number of carbonyl (C=O) groups excluding carboxylic acids is 1. The predicted octanol–water partition coefficient (Wildman–Crippen LogP) is 3.32. The fourth-order valence-electron chi connectivity index (χ4n) is 1.79. The van der Waals surface area contributed by atoms with E-state index in [0.717, 1.165) is 12.1 Å². The molecular weight excluding hydrogens is 317 g/mol. The summed E-state index contributed by atoms with van der Waals surface area (Å²) in [4.78, 5) is 11.6. The third kappa shape index (κ3) is 3.58. The second-order valence-corrected chi connectivity index (χ2v) is 5.46. The molecule has 118 valence electrons. The Morgan fingerprint density at radius 1 is 1.14 bits per heavy atom. The zero-order valence-corrected chi connectivity index (χ0v) is 12.0. The Bertz CT molecular complexity index is 617. The average molecular weight is 330 g/mol. The minimum Gasteiger partial charge on any atom is -0.375 e. The molecule has 0 spiro atoms. The number of halogens is 3. The number of thiophene rings is 1. The molecule has 22 heavy (non-hydrogen) atoms. The highest BCUT2D eigenvalue weighted by atomic mass is 32.1. The van der Waals surface area contributed by atoms with Crippen LogP contribution in [-0.2, 0) is 5.60 Å². The van der Waals surface area contributed by atoms with Gasteiger partial charge < -0.3 is 10.4 Å². The van der Waals surface area contributed by atoms with Crippen LogP contribution in [0.15, 0.2) is 47.8 Å². The van der Waals surface area contributed by atoms with Crippen molar-refractivity contribution in [2.75, 3.05) is 11.9 Å². The van der Waals surface area contributed by atoms with Gasteiger partial charge in [-0.05, 0) is 23.1 Å². The molecule has 0 radical (unpaired) electrons. The number of rotatable bonds is 4. The van der Waals surface area contributed by atoms with Gasteiger partial charge in [-0.2, -0.15) is 13.2 Å². The van der Waals surface area contributed by atoms with Gasteiger partial charge in [0, 0.05) is 0 Å². The summed E-state index contributed by atoms with van der Waals surface area (Å²) >= 11 is 1.23. The van der Waals surface area contributed by atoms with E-state index in [-0.39, 0.29) is 5.56 Å². The van der Waals surface area contributed by atoms with Crippen LogP contribution in [0.4, 0.5) is 23.0 Å². The third-order valence-corrected chi connectivity index (χ3v) is 3.77. The summed E-state index contributed by atoms with van der Waals surface area (Å²) in [6, 6.07) is 9.11. The summed E-state index contributed by atoms with van der Waals surface area (Å²) in [6.07, 6.45) is -4.93. The molecule has 4 nitrogen and oxygen atoms in total. The van der Waals surface area contributed by atoms with Crippen molar-refractivity contribution in [3.8, 4) is 0 Å². The quantitative estimate of drug-likeness (QED) is 0.805. The molecule has 2 rings (SSSR count). The predicted molar refractivity (Wildman–Crippen MR) is 77.7 cm³/mol. The van der Waals surface area contributed by atoms with Gasteiger partial charge in [-0.3, -0.25) is 5.32 Å². The van der Waals surface area contributed by atoms with Gasteiger partial charge in [0.2, 0.25) is 5.60 Å². The molecule has 2 aromatic rings. The van der Waals surface area contributed by atoms with Crippen LogP contribution < -0.4 is 10.6 Å². The SMILES string of the molecule is O=C(NC[C@](O)(c1ccccc1)C(F)(F)F)Nc1cccs1. The molecule has 0 aliphatic carbocycles. The smallest absolute Gasteiger partial charge is 0.375 e. The van der Waals surface area contributed by atoms with Gasteiger partial charge in [0.1, 0.15) is 0 Å². The number of hydrogen-bond acceptors (Lipinski definition) is 3. The zero-order valence-electron chi connectivity index (χ0n) is 11.2. The molecule has 0 aliphatic rings. The normalized spacial score (nSPS) is 14.2. The summed E-state index contributed by atoms with van der Waals surface area (Å²) in [7, 11) is 0. The van der Waals surface area contributed by atoms with E-state index in [2.05, 4.69) is 10.6 Å². The number of amides is 2. The number of anilines is 1. The van der Waals surface area contributed by atoms with Gasteiger partial charge in [0.15, 0.2) is 0 Å². The number of benzene rings is 1. The Morgan fingerprint density at radius 3 is 2.36 bits per heavy atom. The van der Waals surface area contributed by atoms with E-state index in [0.29, 0.717) is 5.00 Å². The molecule has 0 saturated heterocycles. The lowest BCUT2D eigenvalue weighted by Gasteiger charge is -2.31. The molecule has 8 heteroatoms. The second kappa shape index (κ2) is 6.37. The first kappa shape index (κ1) is 16.3. The summed E-state index contributed by atoms with van der Waals surface area (Å²) in [5, 5.41) is 16.7. The van der Waals surface area contributed by atoms with Gasteiger partial charge in [-0.25, -0.2) is 4.79 Å². The number of aliphatic hydroxyl groups is 1. The lowest BCUT2D eigenvalue weighted by atomic mass is 9.93. The van der Waals surface area contributed by atoms with Gasteiger partial charge in [0.25, 0.3) is 0 Å². The average Bonchev–Trinajstić information content (AvgIpc) is 2.97. The standard InChI is InChI=1S/C14H13F3N2O2S/c15-14(16,17)13(21,10-5-2-1-3-6-10)9-18-12(20)19-11-7-4-8-22-11/h1-8,21H,9H2,(H2,18,19,20)/t13-/m0/s1. The van der Waals surface area contributed by atoms with Gasteiger partial charge in [-0.1, -0.05) is 30.3 Å². The van der Waals surface area contributed by atoms with Crippen molar-refractivity contribution < 1.29 is 23.1 Å². The highest BCUT2D eigenvalue weighted by Gasteiger charge is 2.55. The Labute approximate surface area is 128 Å². The Balaban J connectivity index is 2.10. The van der Waals surface area contributed by atoms with Crippen molar-refractivity contribution in [1.29, 1.82) is 0 Å². The van der Waals surface area contributed by atoms with Crippen LogP contribution in [0, 0.1) is 0 Å². The molecule has 3 N–H and O–H groups in total. The van der Waals surface area contributed by atoms with Crippen LogP contribution in [0.5, 0.6) is 0 Å². The molecule has 1 aromatic carbocycles. The molecule has 1 aromatic heterocycles. The zero-order chi connectivity index (χ0) is 16.2. The van der Waals surface area contributed by atoms with Gasteiger partial charge in [-0.15, -0.1) is 11.3 Å². The topological polar surface area (TPSA) is 61.4 Å². The number of carbonyl (C=O) groups is 1. The van der Waals surface area contributed by atoms with E-state index in [1.165, 1.54) is 29.5 Å². The van der Waals surface area contributed by atoms with Crippen LogP contribution in [0.3, 0.4) is 0 Å². The summed E-state index contributed by atoms with van der Waals surface area (Å²) in [5.41, 5.74) is -3.49. The van der Waals surface area contributed by atoms with Crippen molar-refractivity contribution in [3.05, 3.63) is 53.4 Å². The van der Waals surface area contributed by atoms with E-state index >= 15 is 0 Å². The maximum atomic E-state index is 13.2. The van der Waals surface area contributed by atoms with Crippen molar-refractivity contribution in [1.82, 2.24) is 5.32 Å². The number of alkyl halides is 3. The van der Waals surface area contributed by atoms with Crippen LogP contribution in [0.25, 0.3) is 0 Å². The van der Waals surface area contributed by atoms with E-state index in [1.54, 1.807) is 17.5 Å². The van der Waals surface area contributed by atoms with Crippen LogP contribution in [0.1, 0.15) is 5.56 Å². The fraction of sp³-hybridized carbons (Fsp3) is 0.214. The van der Waals surface area contributed by atoms with Crippen molar-refractivity contribution in [2.24, 2.45) is 0 Å². The lowest BCUT2D eigenvalue weighted by molar-refractivity contribution is -0.263. The first-order chi connectivity index (χ1) is 10.3. The third-order valence-electron chi connectivity index (χ3n) is 2.98. The maximum Gasteiger partial charge on any atom is 0.423 e. The molecule has 0 bridgehead atoms. The molecule has 0 fully saturated rings. The van der Waals surface area contributed by atoms with E-state index in [1.807, 2.05) is 0 Å². The Kier molecular flexibility index (Phi) is 4.72. The molecule has 0 saturated carbocycles. The van der Waals surface area contributed by atoms with Crippen LogP contribution in [0.2, 0.25) is 0 Å². The van der Waals surface area contributed by atoms with Crippen molar-refractivity contribution in [2.45, 2.75) is 11.8 Å². The number of nitrogens with one attached hydrogen (secondary N) is 2. The van der Waals surface area contributed by atoms with E-state index in [4.69, 9.17) is 0 Å². The van der Waals surface area contributed by atoms with Gasteiger partial charge >= 0.3 is 12.2 Å². The van der Waals surface area contributed by atoms with E-state index in [9.17, 15) is 23.1 Å². The lowest BCUT2D eigenvalue weighted by Crippen LogP contribution is -2.51. The summed E-state index contributed by atoms with van der Waals surface area (Å²) in [6.45, 7) is -0.988. The van der Waals surface area contributed by atoms with Gasteiger partial charge in [0.05, 0.1) is 11.5 Å². The first-order valence-electron chi connectivity index (χ1n) is 6.26.